The van der Waals surface area contributed by atoms with Crippen LogP contribution in [-0.2, 0) is 0 Å². The SMILES string of the molecule is C/C(=C/c1cncn1C(C)C)C(C)N. The molecule has 78 valence electrons. The monoisotopic (exact) mass is 193 g/mol. The molecule has 0 aliphatic heterocycles. The van der Waals surface area contributed by atoms with Crippen LogP contribution < -0.4 is 5.73 Å². The lowest BCUT2D eigenvalue weighted by Gasteiger charge is -2.11. The standard InChI is InChI=1S/C11H19N3/c1-8(2)14-7-13-6-11(14)5-9(3)10(4)12/h5-8,10H,12H2,1-4H3/b9-5-. The average Bonchev–Trinajstić information content (AvgIpc) is 2.52. The number of hydrogen-bond acceptors (Lipinski definition) is 2. The van der Waals surface area contributed by atoms with Gasteiger partial charge in [0.15, 0.2) is 0 Å². The zero-order chi connectivity index (χ0) is 10.7. The lowest BCUT2D eigenvalue weighted by Crippen LogP contribution is -2.16. The van der Waals surface area contributed by atoms with Gasteiger partial charge in [0.1, 0.15) is 0 Å². The fourth-order valence-corrected chi connectivity index (χ4v) is 1.22. The minimum atomic E-state index is 0.102. The normalized spacial score (nSPS) is 14.9. The van der Waals surface area contributed by atoms with E-state index < -0.39 is 0 Å². The number of nitrogens with zero attached hydrogens (tertiary/aromatic N) is 2. The van der Waals surface area contributed by atoms with Crippen LogP contribution in [0.15, 0.2) is 18.1 Å². The van der Waals surface area contributed by atoms with Gasteiger partial charge in [-0.3, -0.25) is 0 Å². The van der Waals surface area contributed by atoms with E-state index in [2.05, 4.69) is 29.5 Å². The van der Waals surface area contributed by atoms with Gasteiger partial charge >= 0.3 is 0 Å². The van der Waals surface area contributed by atoms with Crippen LogP contribution in [0.2, 0.25) is 0 Å². The zero-order valence-corrected chi connectivity index (χ0v) is 9.36. The Morgan fingerprint density at radius 2 is 2.14 bits per heavy atom. The first-order valence-corrected chi connectivity index (χ1v) is 4.98. The second-order valence-electron chi connectivity index (χ2n) is 4.00. The summed E-state index contributed by atoms with van der Waals surface area (Å²) in [5.74, 6) is 0. The molecule has 3 nitrogen and oxygen atoms in total. The molecule has 1 atom stereocenters. The average molecular weight is 193 g/mol. The summed E-state index contributed by atoms with van der Waals surface area (Å²) < 4.78 is 2.13. The van der Waals surface area contributed by atoms with Gasteiger partial charge in [0.05, 0.1) is 18.2 Å². The largest absolute Gasteiger partial charge is 0.329 e. The van der Waals surface area contributed by atoms with Gasteiger partial charge in [-0.15, -0.1) is 0 Å². The van der Waals surface area contributed by atoms with Crippen LogP contribution in [0.3, 0.4) is 0 Å². The number of hydrogen-bond donors (Lipinski definition) is 1. The van der Waals surface area contributed by atoms with Gasteiger partial charge in [-0.2, -0.15) is 0 Å². The van der Waals surface area contributed by atoms with Crippen molar-refractivity contribution in [3.8, 4) is 0 Å². The lowest BCUT2D eigenvalue weighted by atomic mass is 10.1. The maximum absolute atomic E-state index is 5.78. The number of aromatic nitrogens is 2. The van der Waals surface area contributed by atoms with Gasteiger partial charge < -0.3 is 10.3 Å². The molecule has 0 aromatic carbocycles. The molecule has 0 saturated carbocycles. The van der Waals surface area contributed by atoms with Crippen molar-refractivity contribution in [3.05, 3.63) is 23.8 Å². The fourth-order valence-electron chi connectivity index (χ4n) is 1.22. The van der Waals surface area contributed by atoms with Crippen molar-refractivity contribution >= 4 is 6.08 Å². The molecule has 1 aromatic rings. The van der Waals surface area contributed by atoms with Gasteiger partial charge in [-0.05, 0) is 33.8 Å². The topological polar surface area (TPSA) is 43.8 Å². The summed E-state index contributed by atoms with van der Waals surface area (Å²) in [5.41, 5.74) is 8.07. The lowest BCUT2D eigenvalue weighted by molar-refractivity contribution is 0.595. The first-order chi connectivity index (χ1) is 6.52. The summed E-state index contributed by atoms with van der Waals surface area (Å²) in [6.45, 7) is 8.31. The highest BCUT2D eigenvalue weighted by Gasteiger charge is 2.04. The molecule has 0 amide bonds. The third-order valence-corrected chi connectivity index (χ3v) is 2.35. The number of nitrogens with two attached hydrogens (primary N) is 1. The Labute approximate surface area is 85.6 Å². The van der Waals surface area contributed by atoms with E-state index in [1.807, 2.05) is 26.4 Å². The third kappa shape index (κ3) is 2.45. The summed E-state index contributed by atoms with van der Waals surface area (Å²) in [4.78, 5) is 4.13. The second kappa shape index (κ2) is 4.42. The summed E-state index contributed by atoms with van der Waals surface area (Å²) in [7, 11) is 0. The van der Waals surface area contributed by atoms with Crippen molar-refractivity contribution in [2.75, 3.05) is 0 Å². The smallest absolute Gasteiger partial charge is 0.0953 e. The van der Waals surface area contributed by atoms with Gasteiger partial charge in [-0.1, -0.05) is 5.57 Å². The van der Waals surface area contributed by atoms with Crippen LogP contribution in [0, 0.1) is 0 Å². The minimum absolute atomic E-state index is 0.102. The second-order valence-corrected chi connectivity index (χ2v) is 4.00. The highest BCUT2D eigenvalue weighted by molar-refractivity contribution is 5.49. The molecule has 0 bridgehead atoms. The van der Waals surface area contributed by atoms with E-state index in [1.165, 1.54) is 5.57 Å². The molecule has 3 heteroatoms. The predicted molar refractivity (Wildman–Crippen MR) is 59.9 cm³/mol. The van der Waals surface area contributed by atoms with Crippen LogP contribution in [0.25, 0.3) is 6.08 Å². The van der Waals surface area contributed by atoms with Gasteiger partial charge in [0.2, 0.25) is 0 Å². The van der Waals surface area contributed by atoms with Crippen LogP contribution >= 0.6 is 0 Å². The Bertz CT molecular complexity index is 321. The fraction of sp³-hybridized carbons (Fsp3) is 0.545. The summed E-state index contributed by atoms with van der Waals surface area (Å²) in [5, 5.41) is 0. The molecule has 1 heterocycles. The molecule has 0 saturated heterocycles. The van der Waals surface area contributed by atoms with Crippen molar-refractivity contribution in [2.45, 2.75) is 39.8 Å². The van der Waals surface area contributed by atoms with Crippen LogP contribution in [0.4, 0.5) is 0 Å². The maximum atomic E-state index is 5.78. The quantitative estimate of drug-likeness (QED) is 0.800. The number of imidazole rings is 1. The molecule has 1 aromatic heterocycles. The Hall–Kier alpha value is -1.09. The molecule has 0 fully saturated rings. The summed E-state index contributed by atoms with van der Waals surface area (Å²) in [6.07, 6.45) is 5.81. The molecule has 2 N–H and O–H groups in total. The van der Waals surface area contributed by atoms with Crippen molar-refractivity contribution in [3.63, 3.8) is 0 Å². The maximum Gasteiger partial charge on any atom is 0.0953 e. The Balaban J connectivity index is 2.96. The molecule has 0 spiro atoms. The molecule has 1 unspecified atom stereocenters. The number of rotatable bonds is 3. The molecular formula is C11H19N3. The van der Waals surface area contributed by atoms with Crippen LogP contribution in [0.1, 0.15) is 39.4 Å². The van der Waals surface area contributed by atoms with Crippen molar-refractivity contribution in [2.24, 2.45) is 5.73 Å². The zero-order valence-electron chi connectivity index (χ0n) is 9.36. The van der Waals surface area contributed by atoms with Gasteiger partial charge in [0, 0.05) is 12.1 Å². The molecule has 1 rings (SSSR count). The molecule has 0 aliphatic rings. The first kappa shape index (κ1) is 11.0. The summed E-state index contributed by atoms with van der Waals surface area (Å²) in [6, 6.07) is 0.537. The van der Waals surface area contributed by atoms with E-state index >= 15 is 0 Å². The van der Waals surface area contributed by atoms with E-state index in [0.717, 1.165) is 5.69 Å². The first-order valence-electron chi connectivity index (χ1n) is 4.98. The Morgan fingerprint density at radius 3 is 2.64 bits per heavy atom. The van der Waals surface area contributed by atoms with Crippen molar-refractivity contribution in [1.29, 1.82) is 0 Å². The van der Waals surface area contributed by atoms with Gasteiger partial charge in [0.25, 0.3) is 0 Å². The molecule has 0 aliphatic carbocycles. The van der Waals surface area contributed by atoms with Crippen molar-refractivity contribution in [1.82, 2.24) is 9.55 Å². The highest BCUT2D eigenvalue weighted by Crippen LogP contribution is 2.13. The highest BCUT2D eigenvalue weighted by atomic mass is 15.1. The third-order valence-electron chi connectivity index (χ3n) is 2.35. The van der Waals surface area contributed by atoms with Crippen LogP contribution in [0.5, 0.6) is 0 Å². The molecule has 14 heavy (non-hydrogen) atoms. The van der Waals surface area contributed by atoms with Gasteiger partial charge in [-0.25, -0.2) is 4.98 Å². The Morgan fingerprint density at radius 1 is 1.50 bits per heavy atom. The summed E-state index contributed by atoms with van der Waals surface area (Å²) >= 11 is 0. The van der Waals surface area contributed by atoms with E-state index in [9.17, 15) is 0 Å². The Kier molecular flexibility index (Phi) is 3.47. The van der Waals surface area contributed by atoms with Crippen molar-refractivity contribution < 1.29 is 0 Å². The van der Waals surface area contributed by atoms with E-state index in [4.69, 9.17) is 5.73 Å². The van der Waals surface area contributed by atoms with E-state index in [0.29, 0.717) is 6.04 Å². The van der Waals surface area contributed by atoms with Crippen LogP contribution in [-0.4, -0.2) is 15.6 Å². The van der Waals surface area contributed by atoms with E-state index in [1.54, 1.807) is 0 Å². The molecular weight excluding hydrogens is 174 g/mol. The predicted octanol–water partition coefficient (Wildman–Crippen LogP) is 2.21. The van der Waals surface area contributed by atoms with E-state index in [-0.39, 0.29) is 6.04 Å². The molecule has 0 radical (unpaired) electrons. The minimum Gasteiger partial charge on any atom is -0.329 e.